The molecule has 200 valence electrons. The van der Waals surface area contributed by atoms with Gasteiger partial charge in [-0.1, -0.05) is 56.3 Å². The number of thiol groups is 1. The average Bonchev–Trinajstić information content (AvgIpc) is 2.87. The molecule has 4 atom stereocenters. The highest BCUT2D eigenvalue weighted by Crippen LogP contribution is 2.12. The molecule has 11 heteroatoms. The first-order valence-corrected chi connectivity index (χ1v) is 12.5. The van der Waals surface area contributed by atoms with Crippen LogP contribution in [0.25, 0.3) is 0 Å². The van der Waals surface area contributed by atoms with Crippen LogP contribution in [0.2, 0.25) is 0 Å². The maximum atomic E-state index is 13.3. The van der Waals surface area contributed by atoms with Crippen LogP contribution in [0.5, 0.6) is 5.75 Å². The minimum absolute atomic E-state index is 0.0281. The maximum Gasteiger partial charge on any atom is 0.326 e. The van der Waals surface area contributed by atoms with Crippen molar-refractivity contribution in [1.29, 1.82) is 0 Å². The summed E-state index contributed by atoms with van der Waals surface area (Å²) in [5.41, 5.74) is 7.06. The van der Waals surface area contributed by atoms with E-state index < -0.39 is 47.9 Å². The fourth-order valence-electron chi connectivity index (χ4n) is 3.54. The van der Waals surface area contributed by atoms with E-state index in [2.05, 4.69) is 28.6 Å². The Morgan fingerprint density at radius 2 is 1.35 bits per heavy atom. The number of phenolic OH excluding ortho intramolecular Hbond substituents is 1. The van der Waals surface area contributed by atoms with Gasteiger partial charge in [0.15, 0.2) is 0 Å². The summed E-state index contributed by atoms with van der Waals surface area (Å²) in [6, 6.07) is 10.6. The third-order valence-corrected chi connectivity index (χ3v) is 6.08. The Balaban J connectivity index is 2.23. The predicted molar refractivity (Wildman–Crippen MR) is 142 cm³/mol. The summed E-state index contributed by atoms with van der Waals surface area (Å²) in [4.78, 5) is 50.6. The number of amides is 3. The van der Waals surface area contributed by atoms with Crippen LogP contribution in [-0.4, -0.2) is 63.8 Å². The van der Waals surface area contributed by atoms with Crippen molar-refractivity contribution >= 4 is 36.3 Å². The highest BCUT2D eigenvalue weighted by molar-refractivity contribution is 7.80. The molecular formula is C26H34N4O6S. The zero-order valence-corrected chi connectivity index (χ0v) is 21.7. The van der Waals surface area contributed by atoms with E-state index in [-0.39, 0.29) is 30.3 Å². The Morgan fingerprint density at radius 3 is 1.89 bits per heavy atom. The quantitative estimate of drug-likeness (QED) is 0.186. The third kappa shape index (κ3) is 9.43. The Labute approximate surface area is 221 Å². The van der Waals surface area contributed by atoms with Crippen LogP contribution in [0.3, 0.4) is 0 Å². The summed E-state index contributed by atoms with van der Waals surface area (Å²) >= 11 is 4.01. The van der Waals surface area contributed by atoms with Gasteiger partial charge in [0.25, 0.3) is 0 Å². The molecular weight excluding hydrogens is 496 g/mol. The Hall–Kier alpha value is -3.57. The standard InChI is InChI=1S/C26H34N4O6S/c1-15(2)22(30-23(32)19(27)14-37)25(34)28-20(12-16-6-4-3-5-7-16)24(33)29-21(26(35)36)13-17-8-10-18(31)11-9-17/h3-11,15,19-22,31,37H,12-14,27H2,1-2H3,(H,28,34)(H,29,33)(H,30,32)(H,35,36). The van der Waals surface area contributed by atoms with Gasteiger partial charge in [-0.3, -0.25) is 14.4 Å². The van der Waals surface area contributed by atoms with E-state index in [4.69, 9.17) is 5.73 Å². The summed E-state index contributed by atoms with van der Waals surface area (Å²) in [7, 11) is 0. The number of hydrogen-bond donors (Lipinski definition) is 7. The normalized spacial score (nSPS) is 14.2. The minimum atomic E-state index is -1.28. The number of nitrogens with one attached hydrogen (secondary N) is 3. The smallest absolute Gasteiger partial charge is 0.326 e. The van der Waals surface area contributed by atoms with E-state index in [1.165, 1.54) is 12.1 Å². The van der Waals surface area contributed by atoms with Crippen LogP contribution >= 0.6 is 12.6 Å². The first kappa shape index (κ1) is 29.7. The van der Waals surface area contributed by atoms with Gasteiger partial charge in [0.2, 0.25) is 17.7 Å². The fraction of sp³-hybridized carbons (Fsp3) is 0.385. The van der Waals surface area contributed by atoms with Crippen molar-refractivity contribution < 1.29 is 29.4 Å². The molecule has 0 saturated carbocycles. The van der Waals surface area contributed by atoms with Gasteiger partial charge in [0.1, 0.15) is 23.9 Å². The minimum Gasteiger partial charge on any atom is -0.508 e. The molecule has 2 aromatic carbocycles. The molecule has 0 bridgehead atoms. The Morgan fingerprint density at radius 1 is 0.811 bits per heavy atom. The molecule has 0 radical (unpaired) electrons. The van der Waals surface area contributed by atoms with Gasteiger partial charge in [0.05, 0.1) is 6.04 Å². The molecule has 10 nitrogen and oxygen atoms in total. The number of carbonyl (C=O) groups excluding carboxylic acids is 3. The number of hydrogen-bond acceptors (Lipinski definition) is 7. The van der Waals surface area contributed by atoms with Crippen molar-refractivity contribution in [2.75, 3.05) is 5.75 Å². The highest BCUT2D eigenvalue weighted by Gasteiger charge is 2.31. The van der Waals surface area contributed by atoms with E-state index >= 15 is 0 Å². The highest BCUT2D eigenvalue weighted by atomic mass is 32.1. The second-order valence-electron chi connectivity index (χ2n) is 9.04. The Kier molecular flexibility index (Phi) is 11.4. The molecule has 2 rings (SSSR count). The predicted octanol–water partition coefficient (Wildman–Crippen LogP) is 0.630. The molecule has 0 aliphatic rings. The van der Waals surface area contributed by atoms with E-state index in [0.717, 1.165) is 5.56 Å². The number of aromatic hydroxyl groups is 1. The lowest BCUT2D eigenvalue weighted by molar-refractivity contribution is -0.142. The zero-order chi connectivity index (χ0) is 27.5. The molecule has 0 heterocycles. The zero-order valence-electron chi connectivity index (χ0n) is 20.8. The number of carbonyl (C=O) groups is 4. The van der Waals surface area contributed by atoms with E-state index in [9.17, 15) is 29.4 Å². The van der Waals surface area contributed by atoms with Crippen LogP contribution in [0.4, 0.5) is 0 Å². The van der Waals surface area contributed by atoms with Crippen molar-refractivity contribution in [2.45, 2.75) is 50.9 Å². The summed E-state index contributed by atoms with van der Waals surface area (Å²) in [5, 5.41) is 27.0. The molecule has 7 N–H and O–H groups in total. The van der Waals surface area contributed by atoms with E-state index in [1.807, 2.05) is 6.07 Å². The lowest BCUT2D eigenvalue weighted by atomic mass is 10.00. The van der Waals surface area contributed by atoms with Crippen LogP contribution < -0.4 is 21.7 Å². The van der Waals surface area contributed by atoms with Gasteiger partial charge < -0.3 is 31.9 Å². The van der Waals surface area contributed by atoms with Gasteiger partial charge in [0, 0.05) is 18.6 Å². The van der Waals surface area contributed by atoms with Gasteiger partial charge in [-0.15, -0.1) is 0 Å². The van der Waals surface area contributed by atoms with Crippen molar-refractivity contribution in [3.8, 4) is 5.75 Å². The van der Waals surface area contributed by atoms with Crippen LogP contribution in [0, 0.1) is 5.92 Å². The van der Waals surface area contributed by atoms with E-state index in [1.54, 1.807) is 50.2 Å². The molecule has 3 amide bonds. The number of nitrogens with two attached hydrogens (primary N) is 1. The third-order valence-electron chi connectivity index (χ3n) is 5.69. The molecule has 4 unspecified atom stereocenters. The molecule has 2 aromatic rings. The second kappa shape index (κ2) is 14.2. The average molecular weight is 531 g/mol. The van der Waals surface area contributed by atoms with Crippen LogP contribution in [0.1, 0.15) is 25.0 Å². The molecule has 0 fully saturated rings. The van der Waals surface area contributed by atoms with Gasteiger partial charge in [-0.25, -0.2) is 4.79 Å². The summed E-state index contributed by atoms with van der Waals surface area (Å²) in [6.07, 6.45) is 0.0680. The number of rotatable bonds is 13. The summed E-state index contributed by atoms with van der Waals surface area (Å²) < 4.78 is 0. The van der Waals surface area contributed by atoms with Crippen LogP contribution in [0.15, 0.2) is 54.6 Å². The monoisotopic (exact) mass is 530 g/mol. The van der Waals surface area contributed by atoms with E-state index in [0.29, 0.717) is 5.56 Å². The first-order valence-electron chi connectivity index (χ1n) is 11.8. The van der Waals surface area contributed by atoms with Crippen molar-refractivity contribution in [1.82, 2.24) is 16.0 Å². The number of carboxylic acids is 1. The molecule has 0 aliphatic carbocycles. The molecule has 0 aliphatic heterocycles. The van der Waals surface area contributed by atoms with Crippen LogP contribution in [-0.2, 0) is 32.0 Å². The lowest BCUT2D eigenvalue weighted by Crippen LogP contribution is -2.59. The summed E-state index contributed by atoms with van der Waals surface area (Å²) in [6.45, 7) is 3.47. The molecule has 0 spiro atoms. The van der Waals surface area contributed by atoms with Gasteiger partial charge in [-0.05, 0) is 29.2 Å². The Bertz CT molecular complexity index is 1060. The summed E-state index contributed by atoms with van der Waals surface area (Å²) in [5.74, 6) is -3.28. The van der Waals surface area contributed by atoms with Crippen molar-refractivity contribution in [2.24, 2.45) is 11.7 Å². The number of phenols is 1. The molecule has 0 aromatic heterocycles. The fourth-order valence-corrected chi connectivity index (χ4v) is 3.70. The van der Waals surface area contributed by atoms with Crippen molar-refractivity contribution in [3.05, 3.63) is 65.7 Å². The second-order valence-corrected chi connectivity index (χ2v) is 9.41. The molecule has 0 saturated heterocycles. The number of benzene rings is 2. The molecule has 37 heavy (non-hydrogen) atoms. The van der Waals surface area contributed by atoms with Gasteiger partial charge >= 0.3 is 5.97 Å². The first-order chi connectivity index (χ1) is 17.5. The maximum absolute atomic E-state index is 13.3. The number of aliphatic carboxylic acids is 1. The SMILES string of the molecule is CC(C)C(NC(=O)C(N)CS)C(=O)NC(Cc1ccccc1)C(=O)NC(Cc1ccc(O)cc1)C(=O)O. The van der Waals surface area contributed by atoms with Gasteiger partial charge in [-0.2, -0.15) is 12.6 Å². The largest absolute Gasteiger partial charge is 0.508 e. The lowest BCUT2D eigenvalue weighted by Gasteiger charge is -2.27. The number of carboxylic acid groups (broad SMARTS) is 1. The van der Waals surface area contributed by atoms with Crippen molar-refractivity contribution in [3.63, 3.8) is 0 Å². The topological polar surface area (TPSA) is 171 Å².